The first-order chi connectivity index (χ1) is 17.4. The van der Waals surface area contributed by atoms with E-state index in [0.717, 1.165) is 18.4 Å². The van der Waals surface area contributed by atoms with Crippen molar-refractivity contribution < 1.29 is 18.9 Å². The highest BCUT2D eigenvalue weighted by molar-refractivity contribution is 5.89. The summed E-state index contributed by atoms with van der Waals surface area (Å²) in [7, 11) is 0. The Bertz CT molecular complexity index is 1170. The van der Waals surface area contributed by atoms with Gasteiger partial charge in [-0.1, -0.05) is 74.0 Å². The molecule has 0 aliphatic rings. The van der Waals surface area contributed by atoms with E-state index in [4.69, 9.17) is 0 Å². The van der Waals surface area contributed by atoms with Crippen LogP contribution in [0.3, 0.4) is 0 Å². The first kappa shape index (κ1) is 26.5. The molecule has 1 N–H and O–H groups in total. The molecule has 3 aromatic carbocycles. The molecule has 36 heavy (non-hydrogen) atoms. The van der Waals surface area contributed by atoms with Gasteiger partial charge in [-0.2, -0.15) is 0 Å². The molecule has 0 aliphatic carbocycles. The van der Waals surface area contributed by atoms with Crippen LogP contribution in [0.4, 0.5) is 10.1 Å². The Hall–Kier alpha value is -4.07. The second-order valence-corrected chi connectivity index (χ2v) is 8.56. The molecule has 188 valence electrons. The van der Waals surface area contributed by atoms with E-state index < -0.39 is 22.7 Å². The Kier molecular flexibility index (Phi) is 9.68. The molecule has 3 rings (SSSR count). The van der Waals surface area contributed by atoms with Gasteiger partial charge in [0.15, 0.2) is 0 Å². The standard InChI is InChI=1S/C28H30FN3O4/c1-2-3-17-30-28(34)26(18-21-9-5-4-6-10-21)31(20-22-13-15-24(29)16-14-22)27(33)19-23-11-7-8-12-25(23)32(35)36/h4-16,26H,2-3,17-20H2,1H3,(H,30,34)/t26-/m1/s1. The molecule has 8 heteroatoms. The van der Waals surface area contributed by atoms with Crippen LogP contribution < -0.4 is 5.32 Å². The Morgan fingerprint density at radius 1 is 0.972 bits per heavy atom. The molecule has 0 saturated carbocycles. The molecule has 7 nitrogen and oxygen atoms in total. The minimum atomic E-state index is -0.857. The highest BCUT2D eigenvalue weighted by Gasteiger charge is 2.31. The van der Waals surface area contributed by atoms with Gasteiger partial charge in [0, 0.05) is 31.1 Å². The van der Waals surface area contributed by atoms with Crippen LogP contribution in [0.25, 0.3) is 0 Å². The third-order valence-corrected chi connectivity index (χ3v) is 5.90. The third-order valence-electron chi connectivity index (χ3n) is 5.90. The lowest BCUT2D eigenvalue weighted by atomic mass is 10.0. The van der Waals surface area contributed by atoms with Crippen LogP contribution in [0.5, 0.6) is 0 Å². The molecule has 0 fully saturated rings. The summed E-state index contributed by atoms with van der Waals surface area (Å²) < 4.78 is 13.5. The molecule has 0 heterocycles. The lowest BCUT2D eigenvalue weighted by molar-refractivity contribution is -0.385. The monoisotopic (exact) mass is 491 g/mol. The van der Waals surface area contributed by atoms with Crippen molar-refractivity contribution in [2.75, 3.05) is 6.54 Å². The minimum absolute atomic E-state index is 0.0540. The van der Waals surface area contributed by atoms with Crippen molar-refractivity contribution in [3.8, 4) is 0 Å². The SMILES string of the molecule is CCCCNC(=O)[C@@H](Cc1ccccc1)N(Cc1ccc(F)cc1)C(=O)Cc1ccccc1[N+](=O)[O-]. The van der Waals surface area contributed by atoms with Gasteiger partial charge in [-0.05, 0) is 29.7 Å². The minimum Gasteiger partial charge on any atom is -0.354 e. The number of nitro benzene ring substituents is 1. The van der Waals surface area contributed by atoms with Crippen molar-refractivity contribution in [3.05, 3.63) is 111 Å². The van der Waals surface area contributed by atoms with Gasteiger partial charge in [0.2, 0.25) is 11.8 Å². The summed E-state index contributed by atoms with van der Waals surface area (Å²) >= 11 is 0. The number of unbranched alkanes of at least 4 members (excludes halogenated alkanes) is 1. The number of carbonyl (C=O) groups excluding carboxylic acids is 2. The van der Waals surface area contributed by atoms with E-state index in [-0.39, 0.29) is 36.5 Å². The number of para-hydroxylation sites is 1. The van der Waals surface area contributed by atoms with Crippen LogP contribution in [-0.2, 0) is 29.0 Å². The average molecular weight is 492 g/mol. The average Bonchev–Trinajstić information content (AvgIpc) is 2.88. The topological polar surface area (TPSA) is 92.6 Å². The lowest BCUT2D eigenvalue weighted by Crippen LogP contribution is -2.51. The van der Waals surface area contributed by atoms with Crippen molar-refractivity contribution >= 4 is 17.5 Å². The molecule has 0 aliphatic heterocycles. The van der Waals surface area contributed by atoms with Gasteiger partial charge in [-0.25, -0.2) is 4.39 Å². The Morgan fingerprint density at radius 2 is 1.64 bits per heavy atom. The molecule has 1 atom stereocenters. The quantitative estimate of drug-likeness (QED) is 0.223. The van der Waals surface area contributed by atoms with E-state index in [1.54, 1.807) is 30.3 Å². The van der Waals surface area contributed by atoms with Gasteiger partial charge < -0.3 is 10.2 Å². The molecule has 0 spiro atoms. The number of amides is 2. The highest BCUT2D eigenvalue weighted by atomic mass is 19.1. The maximum atomic E-state index is 13.7. The van der Waals surface area contributed by atoms with Crippen LogP contribution in [-0.4, -0.2) is 34.2 Å². The van der Waals surface area contributed by atoms with Crippen LogP contribution in [0, 0.1) is 15.9 Å². The van der Waals surface area contributed by atoms with E-state index >= 15 is 0 Å². The molecule has 3 aromatic rings. The van der Waals surface area contributed by atoms with Crippen LogP contribution >= 0.6 is 0 Å². The van der Waals surface area contributed by atoms with Crippen molar-refractivity contribution in [1.29, 1.82) is 0 Å². The van der Waals surface area contributed by atoms with E-state index in [1.807, 2.05) is 37.3 Å². The first-order valence-corrected chi connectivity index (χ1v) is 12.0. The van der Waals surface area contributed by atoms with E-state index in [0.29, 0.717) is 12.1 Å². The molecular weight excluding hydrogens is 461 g/mol. The van der Waals surface area contributed by atoms with Crippen LogP contribution in [0.15, 0.2) is 78.9 Å². The summed E-state index contributed by atoms with van der Waals surface area (Å²) in [4.78, 5) is 39.5. The summed E-state index contributed by atoms with van der Waals surface area (Å²) in [6.07, 6.45) is 1.72. The van der Waals surface area contributed by atoms with Gasteiger partial charge in [-0.3, -0.25) is 19.7 Å². The van der Waals surface area contributed by atoms with Gasteiger partial charge in [-0.15, -0.1) is 0 Å². The fourth-order valence-corrected chi connectivity index (χ4v) is 3.95. The number of nitrogens with one attached hydrogen (secondary N) is 1. The zero-order valence-corrected chi connectivity index (χ0v) is 20.2. The number of hydrogen-bond acceptors (Lipinski definition) is 4. The third kappa shape index (κ3) is 7.46. The van der Waals surface area contributed by atoms with E-state index in [1.165, 1.54) is 23.1 Å². The Balaban J connectivity index is 1.98. The number of nitrogens with zero attached hydrogens (tertiary/aromatic N) is 2. The number of halogens is 1. The largest absolute Gasteiger partial charge is 0.354 e. The van der Waals surface area contributed by atoms with Crippen molar-refractivity contribution in [1.82, 2.24) is 10.2 Å². The van der Waals surface area contributed by atoms with Crippen LogP contribution in [0.1, 0.15) is 36.5 Å². The van der Waals surface area contributed by atoms with Crippen molar-refractivity contribution in [2.45, 2.75) is 45.2 Å². The molecule has 0 aromatic heterocycles. The van der Waals surface area contributed by atoms with Crippen molar-refractivity contribution in [3.63, 3.8) is 0 Å². The predicted octanol–water partition coefficient (Wildman–Crippen LogP) is 4.83. The van der Waals surface area contributed by atoms with E-state index in [2.05, 4.69) is 5.32 Å². The number of carbonyl (C=O) groups is 2. The second-order valence-electron chi connectivity index (χ2n) is 8.56. The fourth-order valence-electron chi connectivity index (χ4n) is 3.95. The summed E-state index contributed by atoms with van der Waals surface area (Å²) in [5, 5.41) is 14.4. The van der Waals surface area contributed by atoms with Gasteiger partial charge in [0.1, 0.15) is 11.9 Å². The first-order valence-electron chi connectivity index (χ1n) is 12.0. The maximum Gasteiger partial charge on any atom is 0.273 e. The second kappa shape index (κ2) is 13.1. The summed E-state index contributed by atoms with van der Waals surface area (Å²) in [6, 6.07) is 20.3. The Labute approximate surface area is 210 Å². The molecule has 0 radical (unpaired) electrons. The summed E-state index contributed by atoms with van der Waals surface area (Å²) in [6.45, 7) is 2.55. The molecule has 2 amide bonds. The smallest absolute Gasteiger partial charge is 0.273 e. The normalized spacial score (nSPS) is 11.5. The number of hydrogen-bond donors (Lipinski definition) is 1. The van der Waals surface area contributed by atoms with Crippen molar-refractivity contribution in [2.24, 2.45) is 0 Å². The number of rotatable bonds is 12. The number of nitro groups is 1. The zero-order chi connectivity index (χ0) is 25.9. The highest BCUT2D eigenvalue weighted by Crippen LogP contribution is 2.22. The lowest BCUT2D eigenvalue weighted by Gasteiger charge is -2.31. The van der Waals surface area contributed by atoms with E-state index in [9.17, 15) is 24.1 Å². The van der Waals surface area contributed by atoms with Gasteiger partial charge in [0.05, 0.1) is 11.3 Å². The fraction of sp³-hybridized carbons (Fsp3) is 0.286. The van der Waals surface area contributed by atoms with Crippen LogP contribution in [0.2, 0.25) is 0 Å². The molecule has 0 saturated heterocycles. The van der Waals surface area contributed by atoms with Gasteiger partial charge in [0.25, 0.3) is 5.69 Å². The predicted molar refractivity (Wildman–Crippen MR) is 136 cm³/mol. The molecular formula is C28H30FN3O4. The number of benzene rings is 3. The maximum absolute atomic E-state index is 13.7. The zero-order valence-electron chi connectivity index (χ0n) is 20.2. The molecule has 0 bridgehead atoms. The van der Waals surface area contributed by atoms with Gasteiger partial charge >= 0.3 is 0 Å². The summed E-state index contributed by atoms with van der Waals surface area (Å²) in [5.74, 6) is -1.14. The summed E-state index contributed by atoms with van der Waals surface area (Å²) in [5.41, 5.74) is 1.63. The Morgan fingerprint density at radius 3 is 2.31 bits per heavy atom. The molecule has 0 unspecified atom stereocenters.